The van der Waals surface area contributed by atoms with E-state index in [0.29, 0.717) is 13.1 Å². The van der Waals surface area contributed by atoms with Crippen molar-refractivity contribution in [3.63, 3.8) is 0 Å². The molecule has 0 saturated carbocycles. The third-order valence-electron chi connectivity index (χ3n) is 4.20. The standard InChI is InChI=1S/C21H32N4O3/c1-6-22-21(24-15-19(25(3)4)20-11-8-12-27-20)23-14-16(2)28-18-10-7-9-17(13-18)26-5/h7-13,16,19H,6,14-15H2,1-5H3,(H2,22,23,24). The molecule has 1 aromatic carbocycles. The largest absolute Gasteiger partial charge is 0.497 e. The van der Waals surface area contributed by atoms with Crippen LogP contribution in [0.15, 0.2) is 52.1 Å². The van der Waals surface area contributed by atoms with Crippen LogP contribution >= 0.6 is 0 Å². The van der Waals surface area contributed by atoms with Gasteiger partial charge in [0.05, 0.1) is 32.5 Å². The first-order valence-corrected chi connectivity index (χ1v) is 9.56. The van der Waals surface area contributed by atoms with Gasteiger partial charge in [-0.25, -0.2) is 0 Å². The van der Waals surface area contributed by atoms with Crippen molar-refractivity contribution in [3.05, 3.63) is 48.4 Å². The van der Waals surface area contributed by atoms with E-state index in [1.54, 1.807) is 13.4 Å². The summed E-state index contributed by atoms with van der Waals surface area (Å²) >= 11 is 0. The number of hydrogen-bond acceptors (Lipinski definition) is 5. The Morgan fingerprint density at radius 2 is 1.96 bits per heavy atom. The van der Waals surface area contributed by atoms with Gasteiger partial charge >= 0.3 is 0 Å². The highest BCUT2D eigenvalue weighted by atomic mass is 16.5. The zero-order chi connectivity index (χ0) is 20.4. The summed E-state index contributed by atoms with van der Waals surface area (Å²) in [5.41, 5.74) is 0. The van der Waals surface area contributed by atoms with Crippen molar-refractivity contribution in [1.29, 1.82) is 0 Å². The van der Waals surface area contributed by atoms with Crippen LogP contribution in [-0.4, -0.2) is 57.8 Å². The molecular weight excluding hydrogens is 356 g/mol. The second-order valence-corrected chi connectivity index (χ2v) is 6.70. The molecule has 0 bridgehead atoms. The summed E-state index contributed by atoms with van der Waals surface area (Å²) in [4.78, 5) is 6.81. The highest BCUT2D eigenvalue weighted by Crippen LogP contribution is 2.20. The zero-order valence-electron chi connectivity index (χ0n) is 17.4. The molecule has 1 aromatic heterocycles. The van der Waals surface area contributed by atoms with Gasteiger partial charge in [-0.15, -0.1) is 0 Å². The molecule has 0 aliphatic rings. The Labute approximate surface area is 167 Å². The second kappa shape index (κ2) is 11.2. The molecule has 0 spiro atoms. The van der Waals surface area contributed by atoms with Gasteiger partial charge in [-0.3, -0.25) is 9.89 Å². The maximum atomic E-state index is 5.96. The van der Waals surface area contributed by atoms with Gasteiger partial charge in [0.25, 0.3) is 0 Å². The highest BCUT2D eigenvalue weighted by Gasteiger charge is 2.17. The molecule has 0 amide bonds. The van der Waals surface area contributed by atoms with E-state index in [9.17, 15) is 0 Å². The van der Waals surface area contributed by atoms with Gasteiger partial charge in [0.15, 0.2) is 5.96 Å². The SMILES string of the molecule is CCNC(=NCC(c1ccco1)N(C)C)NCC(C)Oc1cccc(OC)c1. The summed E-state index contributed by atoms with van der Waals surface area (Å²) in [6.45, 7) is 6.05. The number of furan rings is 1. The molecule has 2 N–H and O–H groups in total. The summed E-state index contributed by atoms with van der Waals surface area (Å²) in [7, 11) is 5.69. The number of nitrogens with one attached hydrogen (secondary N) is 2. The fraction of sp³-hybridized carbons (Fsp3) is 0.476. The van der Waals surface area contributed by atoms with E-state index < -0.39 is 0 Å². The van der Waals surface area contributed by atoms with Crippen LogP contribution in [0, 0.1) is 0 Å². The lowest BCUT2D eigenvalue weighted by Crippen LogP contribution is -2.42. The van der Waals surface area contributed by atoms with Crippen molar-refractivity contribution in [2.45, 2.75) is 26.0 Å². The van der Waals surface area contributed by atoms with Crippen LogP contribution in [0.3, 0.4) is 0 Å². The van der Waals surface area contributed by atoms with Crippen LogP contribution in [0.5, 0.6) is 11.5 Å². The van der Waals surface area contributed by atoms with Crippen molar-refractivity contribution in [2.75, 3.05) is 40.8 Å². The minimum atomic E-state index is -0.0364. The summed E-state index contributed by atoms with van der Waals surface area (Å²) in [6, 6.07) is 11.6. The summed E-state index contributed by atoms with van der Waals surface area (Å²) in [5.74, 6) is 3.21. The fourth-order valence-electron chi connectivity index (χ4n) is 2.70. The lowest BCUT2D eigenvalue weighted by molar-refractivity contribution is 0.222. The number of rotatable bonds is 10. The van der Waals surface area contributed by atoms with Crippen molar-refractivity contribution >= 4 is 5.96 Å². The van der Waals surface area contributed by atoms with Gasteiger partial charge in [-0.1, -0.05) is 6.07 Å². The van der Waals surface area contributed by atoms with E-state index >= 15 is 0 Å². The number of nitrogens with zero attached hydrogens (tertiary/aromatic N) is 2. The molecule has 2 aromatic rings. The lowest BCUT2D eigenvalue weighted by atomic mass is 10.2. The van der Waals surface area contributed by atoms with Crippen LogP contribution in [0.2, 0.25) is 0 Å². The quantitative estimate of drug-likeness (QED) is 0.482. The van der Waals surface area contributed by atoms with E-state index in [0.717, 1.165) is 29.8 Å². The Morgan fingerprint density at radius 1 is 1.18 bits per heavy atom. The van der Waals surface area contributed by atoms with E-state index in [1.165, 1.54) is 0 Å². The Kier molecular flexibility index (Phi) is 8.68. The van der Waals surface area contributed by atoms with Crippen molar-refractivity contribution in [1.82, 2.24) is 15.5 Å². The molecule has 7 nitrogen and oxygen atoms in total. The van der Waals surface area contributed by atoms with E-state index in [-0.39, 0.29) is 12.1 Å². The van der Waals surface area contributed by atoms with Crippen molar-refractivity contribution in [3.8, 4) is 11.5 Å². The van der Waals surface area contributed by atoms with Gasteiger partial charge in [0, 0.05) is 12.6 Å². The smallest absolute Gasteiger partial charge is 0.191 e. The first-order chi connectivity index (χ1) is 13.5. The number of methoxy groups -OCH3 is 1. The predicted octanol–water partition coefficient (Wildman–Crippen LogP) is 2.91. The average molecular weight is 389 g/mol. The molecular formula is C21H32N4O3. The Morgan fingerprint density at radius 3 is 2.61 bits per heavy atom. The Bertz CT molecular complexity index is 716. The number of ether oxygens (including phenoxy) is 2. The molecule has 154 valence electrons. The highest BCUT2D eigenvalue weighted by molar-refractivity contribution is 5.79. The summed E-state index contributed by atoms with van der Waals surface area (Å²) in [5, 5.41) is 6.62. The molecule has 0 fully saturated rings. The lowest BCUT2D eigenvalue weighted by Gasteiger charge is -2.22. The molecule has 0 saturated heterocycles. The van der Waals surface area contributed by atoms with Gasteiger partial charge in [0.1, 0.15) is 23.4 Å². The van der Waals surface area contributed by atoms with Crippen LogP contribution in [0.4, 0.5) is 0 Å². The van der Waals surface area contributed by atoms with Crippen LogP contribution < -0.4 is 20.1 Å². The third-order valence-corrected chi connectivity index (χ3v) is 4.20. The summed E-state index contributed by atoms with van der Waals surface area (Å²) in [6.07, 6.45) is 1.65. The molecule has 0 aliphatic carbocycles. The number of likely N-dealkylation sites (N-methyl/N-ethyl adjacent to an activating group) is 1. The first kappa shape index (κ1) is 21.6. The molecule has 2 atom stereocenters. The van der Waals surface area contributed by atoms with Crippen LogP contribution in [-0.2, 0) is 0 Å². The van der Waals surface area contributed by atoms with Crippen LogP contribution in [0.25, 0.3) is 0 Å². The van der Waals surface area contributed by atoms with E-state index in [2.05, 4.69) is 15.5 Å². The van der Waals surface area contributed by atoms with E-state index in [1.807, 2.05) is 64.3 Å². The Balaban J connectivity index is 1.92. The van der Waals surface area contributed by atoms with E-state index in [4.69, 9.17) is 18.9 Å². The monoisotopic (exact) mass is 388 g/mol. The van der Waals surface area contributed by atoms with Gasteiger partial charge in [-0.2, -0.15) is 0 Å². The maximum Gasteiger partial charge on any atom is 0.191 e. The fourth-order valence-corrected chi connectivity index (χ4v) is 2.70. The number of benzene rings is 1. The maximum absolute atomic E-state index is 5.96. The number of aliphatic imine (C=N–C) groups is 1. The number of hydrogen-bond donors (Lipinski definition) is 2. The minimum Gasteiger partial charge on any atom is -0.497 e. The molecule has 0 aliphatic heterocycles. The molecule has 1 heterocycles. The topological polar surface area (TPSA) is 71.3 Å². The molecule has 2 rings (SSSR count). The molecule has 2 unspecified atom stereocenters. The van der Waals surface area contributed by atoms with Crippen molar-refractivity contribution < 1.29 is 13.9 Å². The summed E-state index contributed by atoms with van der Waals surface area (Å²) < 4.78 is 16.7. The average Bonchev–Trinajstić information content (AvgIpc) is 3.20. The number of guanidine groups is 1. The van der Waals surface area contributed by atoms with Gasteiger partial charge in [0.2, 0.25) is 0 Å². The zero-order valence-corrected chi connectivity index (χ0v) is 17.4. The molecule has 0 radical (unpaired) electrons. The third kappa shape index (κ3) is 6.81. The van der Waals surface area contributed by atoms with Crippen molar-refractivity contribution in [2.24, 2.45) is 4.99 Å². The van der Waals surface area contributed by atoms with Gasteiger partial charge in [-0.05, 0) is 52.2 Å². The molecule has 7 heteroatoms. The second-order valence-electron chi connectivity index (χ2n) is 6.70. The molecule has 28 heavy (non-hydrogen) atoms. The normalized spacial score (nSPS) is 13.9. The minimum absolute atomic E-state index is 0.0364. The predicted molar refractivity (Wildman–Crippen MR) is 112 cm³/mol. The Hall–Kier alpha value is -2.67. The van der Waals surface area contributed by atoms with Crippen LogP contribution in [0.1, 0.15) is 25.6 Å². The first-order valence-electron chi connectivity index (χ1n) is 9.56. The van der Waals surface area contributed by atoms with Gasteiger partial charge < -0.3 is 24.5 Å².